The van der Waals surface area contributed by atoms with E-state index in [9.17, 15) is 24.0 Å². The molecule has 0 spiro atoms. The summed E-state index contributed by atoms with van der Waals surface area (Å²) in [6, 6.07) is 3.03. The van der Waals surface area contributed by atoms with Crippen LogP contribution in [0.25, 0.3) is 21.1 Å². The second kappa shape index (κ2) is 12.7. The van der Waals surface area contributed by atoms with Crippen molar-refractivity contribution in [2.24, 2.45) is 0 Å². The summed E-state index contributed by atoms with van der Waals surface area (Å²) in [6.45, 7) is 1.32. The van der Waals surface area contributed by atoms with Crippen LogP contribution in [0, 0.1) is 0 Å². The van der Waals surface area contributed by atoms with Crippen molar-refractivity contribution in [1.82, 2.24) is 21.3 Å². The molecule has 0 fully saturated rings. The van der Waals surface area contributed by atoms with Gasteiger partial charge in [-0.05, 0) is 17.5 Å². The van der Waals surface area contributed by atoms with E-state index in [2.05, 4.69) is 21.3 Å². The molecule has 2 amide bonds. The van der Waals surface area contributed by atoms with E-state index >= 15 is 0 Å². The van der Waals surface area contributed by atoms with Crippen LogP contribution < -0.4 is 30.7 Å². The number of carboxylic acid groups (broad SMARTS) is 2. The Morgan fingerprint density at radius 3 is 1.97 bits per heavy atom. The first-order valence-corrected chi connectivity index (χ1v) is 11.8. The number of ketones is 1. The largest absolute Gasteiger partial charge is 0.480 e. The van der Waals surface area contributed by atoms with Gasteiger partial charge in [0.05, 0.1) is 23.2 Å². The molecule has 14 nitrogen and oxygen atoms in total. The minimum Gasteiger partial charge on any atom is -0.480 e. The van der Waals surface area contributed by atoms with Crippen LogP contribution in [0.1, 0.15) is 17.5 Å². The molecule has 0 atom stereocenters. The molecule has 3 aromatic rings. The van der Waals surface area contributed by atoms with E-state index in [0.29, 0.717) is 10.1 Å². The zero-order valence-corrected chi connectivity index (χ0v) is 20.4. The molecule has 6 N–H and O–H groups in total. The number of benzene rings is 1. The molecule has 2 heterocycles. The highest BCUT2D eigenvalue weighted by molar-refractivity contribution is 7.17. The van der Waals surface area contributed by atoms with Crippen LogP contribution in [0.2, 0.25) is 0 Å². The molecule has 198 valence electrons. The second-order valence-electron chi connectivity index (χ2n) is 7.50. The Balaban J connectivity index is 1.82. The van der Waals surface area contributed by atoms with Gasteiger partial charge < -0.3 is 45.4 Å². The molecule has 0 radical (unpaired) electrons. The quantitative estimate of drug-likeness (QED) is 0.135. The van der Waals surface area contributed by atoms with Gasteiger partial charge in [-0.1, -0.05) is 0 Å². The maximum absolute atomic E-state index is 12.4. The highest BCUT2D eigenvalue weighted by atomic mass is 32.1. The lowest BCUT2D eigenvalue weighted by Crippen LogP contribution is -2.35. The number of thiophene rings is 1. The predicted molar refractivity (Wildman–Crippen MR) is 131 cm³/mol. The number of Topliss-reactive ketones (excluding diaryl/α,β-unsaturated/α-hetero) is 1. The van der Waals surface area contributed by atoms with Gasteiger partial charge in [0.25, 0.3) is 0 Å². The summed E-state index contributed by atoms with van der Waals surface area (Å²) in [6.07, 6.45) is -1.66. The summed E-state index contributed by atoms with van der Waals surface area (Å²) in [4.78, 5) is 57.9. The van der Waals surface area contributed by atoms with Crippen molar-refractivity contribution < 1.29 is 48.1 Å². The van der Waals surface area contributed by atoms with Crippen molar-refractivity contribution in [2.75, 3.05) is 39.3 Å². The summed E-state index contributed by atoms with van der Waals surface area (Å²) in [5.74, 6) is -2.40. The molecule has 2 aromatic heterocycles. The molecule has 0 saturated carbocycles. The smallest absolute Gasteiger partial charge is 0.412 e. The fourth-order valence-corrected chi connectivity index (χ4v) is 4.04. The number of amides is 2. The molecule has 37 heavy (non-hydrogen) atoms. The third kappa shape index (κ3) is 7.39. The van der Waals surface area contributed by atoms with Crippen molar-refractivity contribution in [3.8, 4) is 11.5 Å². The fourth-order valence-electron chi connectivity index (χ4n) is 3.17. The minimum atomic E-state index is -1.03. The molecule has 3 rings (SSSR count). The van der Waals surface area contributed by atoms with E-state index in [-0.39, 0.29) is 67.5 Å². The number of fused-ring (bicyclic) bond motifs is 2. The Morgan fingerprint density at radius 2 is 1.43 bits per heavy atom. The average molecular weight is 537 g/mol. The molecule has 0 unspecified atom stereocenters. The topological polar surface area (TPSA) is 206 Å². The van der Waals surface area contributed by atoms with Gasteiger partial charge in [0.1, 0.15) is 0 Å². The van der Waals surface area contributed by atoms with Gasteiger partial charge in [-0.15, -0.1) is 11.3 Å². The number of rotatable bonds is 13. The van der Waals surface area contributed by atoms with E-state index in [1.807, 2.05) is 0 Å². The third-order valence-corrected chi connectivity index (χ3v) is 5.64. The zero-order valence-electron chi connectivity index (χ0n) is 19.5. The van der Waals surface area contributed by atoms with Gasteiger partial charge in [0.15, 0.2) is 28.6 Å². The van der Waals surface area contributed by atoms with Crippen LogP contribution in [-0.4, -0.2) is 79.4 Å². The Bertz CT molecular complexity index is 1240. The molecule has 1 aromatic carbocycles. The molecular weight excluding hydrogens is 512 g/mol. The van der Waals surface area contributed by atoms with Gasteiger partial charge >= 0.3 is 24.1 Å². The standard InChI is InChI=1S/C22H24N4O10S/c1-11(27)14-8-13-17(35-21(32)25-5-3-23-9-15(28)29)12-2-7-37-20(12)19(18(13)34-14)36-22(33)26-6-4-24-10-16(30)31/h2,7-8,23-24H,3-6,9-10H2,1H3,(H,25,32)(H,26,33)(H,28,29)(H,30,31). The number of hydrogen-bond donors (Lipinski definition) is 6. The Hall–Kier alpha value is -4.21. The average Bonchev–Trinajstić information content (AvgIpc) is 3.48. The first-order valence-electron chi connectivity index (χ1n) is 10.9. The Labute approximate surface area is 212 Å². The summed E-state index contributed by atoms with van der Waals surface area (Å²) < 4.78 is 17.1. The van der Waals surface area contributed by atoms with Crippen molar-refractivity contribution in [1.29, 1.82) is 0 Å². The number of carbonyl (C=O) groups is 5. The Morgan fingerprint density at radius 1 is 0.865 bits per heavy atom. The summed E-state index contributed by atoms with van der Waals surface area (Å²) >= 11 is 1.19. The van der Waals surface area contributed by atoms with Crippen molar-refractivity contribution in [2.45, 2.75) is 6.92 Å². The molecule has 15 heteroatoms. The molecule has 0 bridgehead atoms. The number of carboxylic acids is 2. The summed E-state index contributed by atoms with van der Waals surface area (Å²) in [5.41, 5.74) is 0.0187. The van der Waals surface area contributed by atoms with Gasteiger partial charge in [-0.3, -0.25) is 14.4 Å². The maximum Gasteiger partial charge on any atom is 0.412 e. The SMILES string of the molecule is CC(=O)c1cc2c(OC(=O)NCCNCC(=O)O)c3ccsc3c(OC(=O)NCCNCC(=O)O)c2o1. The minimum absolute atomic E-state index is 0.0187. The van der Waals surface area contributed by atoms with Crippen molar-refractivity contribution >= 4 is 62.3 Å². The van der Waals surface area contributed by atoms with E-state index < -0.39 is 29.9 Å². The lowest BCUT2D eigenvalue weighted by molar-refractivity contribution is -0.136. The molecule has 0 aliphatic carbocycles. The lowest BCUT2D eigenvalue weighted by atomic mass is 10.1. The summed E-state index contributed by atoms with van der Waals surface area (Å²) in [5, 5.41) is 29.8. The Kier molecular flexibility index (Phi) is 9.37. The first kappa shape index (κ1) is 27.4. The van der Waals surface area contributed by atoms with Crippen LogP contribution in [-0.2, 0) is 9.59 Å². The zero-order chi connectivity index (χ0) is 26.9. The highest BCUT2D eigenvalue weighted by Crippen LogP contribution is 2.46. The normalized spacial score (nSPS) is 10.8. The van der Waals surface area contributed by atoms with Crippen molar-refractivity contribution in [3.05, 3.63) is 23.3 Å². The number of aliphatic carboxylic acids is 2. The van der Waals surface area contributed by atoms with Gasteiger partial charge in [0.2, 0.25) is 0 Å². The third-order valence-electron chi connectivity index (χ3n) is 4.73. The van der Waals surface area contributed by atoms with Gasteiger partial charge in [-0.25, -0.2) is 9.59 Å². The number of furan rings is 1. The second-order valence-corrected chi connectivity index (χ2v) is 8.42. The number of hydrogen-bond acceptors (Lipinski definition) is 11. The monoisotopic (exact) mass is 536 g/mol. The van der Waals surface area contributed by atoms with E-state index in [1.54, 1.807) is 11.4 Å². The lowest BCUT2D eigenvalue weighted by Gasteiger charge is -2.12. The van der Waals surface area contributed by atoms with Crippen LogP contribution in [0.4, 0.5) is 9.59 Å². The number of nitrogens with one attached hydrogen (secondary N) is 4. The van der Waals surface area contributed by atoms with E-state index in [0.717, 1.165) is 0 Å². The first-order chi connectivity index (χ1) is 17.7. The molecule has 0 saturated heterocycles. The van der Waals surface area contributed by atoms with Gasteiger partial charge in [0, 0.05) is 38.5 Å². The molecule has 0 aliphatic rings. The number of ether oxygens (including phenoxy) is 2. The number of carbonyl (C=O) groups excluding carboxylic acids is 3. The predicted octanol–water partition coefficient (Wildman–Crippen LogP) is 1.38. The van der Waals surface area contributed by atoms with E-state index in [4.69, 9.17) is 24.1 Å². The van der Waals surface area contributed by atoms with Crippen molar-refractivity contribution in [3.63, 3.8) is 0 Å². The molecule has 0 aliphatic heterocycles. The van der Waals surface area contributed by atoms with Crippen LogP contribution >= 0.6 is 11.3 Å². The maximum atomic E-state index is 12.4. The molecular formula is C22H24N4O10S. The van der Waals surface area contributed by atoms with Gasteiger partial charge in [-0.2, -0.15) is 0 Å². The van der Waals surface area contributed by atoms with Crippen LogP contribution in [0.15, 0.2) is 21.9 Å². The van der Waals surface area contributed by atoms with E-state index in [1.165, 1.54) is 24.3 Å². The highest BCUT2D eigenvalue weighted by Gasteiger charge is 2.25. The summed E-state index contributed by atoms with van der Waals surface area (Å²) in [7, 11) is 0. The van der Waals surface area contributed by atoms with Crippen LogP contribution in [0.3, 0.4) is 0 Å². The fraction of sp³-hybridized carbons (Fsp3) is 0.318. The van der Waals surface area contributed by atoms with Crippen LogP contribution in [0.5, 0.6) is 11.5 Å².